The molecular weight excluding hydrogens is 440 g/mol. The Kier molecular flexibility index (Phi) is 6.96. The van der Waals surface area contributed by atoms with Crippen molar-refractivity contribution < 1.29 is 24.4 Å². The Morgan fingerprint density at radius 1 is 1.03 bits per heavy atom. The van der Waals surface area contributed by atoms with Crippen molar-refractivity contribution in [2.75, 3.05) is 19.8 Å². The SMILES string of the molecule is OC[C@@H]1C[C@H](O)C[C@@H](c2ccc(Cl)c(Cc3ccc(OC4CC5(CCOCC5)C4)cc3)c2)O1. The Balaban J connectivity index is 1.20. The molecule has 6 heteroatoms. The maximum absolute atomic E-state index is 10.1. The second-order valence-corrected chi connectivity index (χ2v) is 10.4. The summed E-state index contributed by atoms with van der Waals surface area (Å²) in [4.78, 5) is 0. The predicted octanol–water partition coefficient (Wildman–Crippen LogP) is 4.84. The van der Waals surface area contributed by atoms with Gasteiger partial charge < -0.3 is 24.4 Å². The van der Waals surface area contributed by atoms with E-state index in [2.05, 4.69) is 30.3 Å². The minimum Gasteiger partial charge on any atom is -0.490 e. The molecule has 1 saturated carbocycles. The van der Waals surface area contributed by atoms with E-state index in [-0.39, 0.29) is 18.8 Å². The third-order valence-electron chi connectivity index (χ3n) is 7.52. The lowest BCUT2D eigenvalue weighted by Crippen LogP contribution is -2.47. The first-order valence-electron chi connectivity index (χ1n) is 12.1. The van der Waals surface area contributed by atoms with Crippen LogP contribution in [0.4, 0.5) is 0 Å². The van der Waals surface area contributed by atoms with E-state index in [1.165, 1.54) is 0 Å². The molecule has 1 aliphatic carbocycles. The minimum atomic E-state index is -0.468. The molecule has 1 spiro atoms. The first kappa shape index (κ1) is 23.1. The van der Waals surface area contributed by atoms with E-state index >= 15 is 0 Å². The first-order chi connectivity index (χ1) is 16.0. The highest BCUT2D eigenvalue weighted by Crippen LogP contribution is 2.50. The number of halogens is 1. The molecule has 2 N–H and O–H groups in total. The Morgan fingerprint density at radius 2 is 1.79 bits per heavy atom. The third kappa shape index (κ3) is 5.39. The van der Waals surface area contributed by atoms with Gasteiger partial charge in [0.2, 0.25) is 0 Å². The number of hydrogen-bond acceptors (Lipinski definition) is 5. The van der Waals surface area contributed by atoms with E-state index in [0.717, 1.165) is 61.3 Å². The minimum absolute atomic E-state index is 0.0846. The van der Waals surface area contributed by atoms with Crippen molar-refractivity contribution in [3.63, 3.8) is 0 Å². The summed E-state index contributed by atoms with van der Waals surface area (Å²) in [7, 11) is 0. The van der Waals surface area contributed by atoms with Crippen LogP contribution in [0.3, 0.4) is 0 Å². The zero-order valence-corrected chi connectivity index (χ0v) is 19.7. The molecule has 178 valence electrons. The molecule has 3 aliphatic rings. The molecule has 0 unspecified atom stereocenters. The molecule has 3 fully saturated rings. The van der Waals surface area contributed by atoms with Crippen molar-refractivity contribution in [2.24, 2.45) is 5.41 Å². The van der Waals surface area contributed by atoms with Crippen LogP contribution in [0.2, 0.25) is 5.02 Å². The van der Waals surface area contributed by atoms with Gasteiger partial charge in [0.05, 0.1) is 31.0 Å². The number of rotatable bonds is 6. The second kappa shape index (κ2) is 9.93. The molecule has 0 radical (unpaired) electrons. The van der Waals surface area contributed by atoms with Gasteiger partial charge in [0.1, 0.15) is 5.75 Å². The fourth-order valence-corrected chi connectivity index (χ4v) is 5.74. The van der Waals surface area contributed by atoms with Crippen LogP contribution in [-0.2, 0) is 15.9 Å². The van der Waals surface area contributed by atoms with Crippen molar-refractivity contribution >= 4 is 11.6 Å². The Morgan fingerprint density at radius 3 is 2.52 bits per heavy atom. The van der Waals surface area contributed by atoms with E-state index in [9.17, 15) is 10.2 Å². The maximum Gasteiger partial charge on any atom is 0.119 e. The Labute approximate surface area is 200 Å². The smallest absolute Gasteiger partial charge is 0.119 e. The summed E-state index contributed by atoms with van der Waals surface area (Å²) >= 11 is 6.50. The van der Waals surface area contributed by atoms with Crippen molar-refractivity contribution in [3.8, 4) is 5.75 Å². The molecule has 2 heterocycles. The van der Waals surface area contributed by atoms with Crippen LogP contribution >= 0.6 is 11.6 Å². The van der Waals surface area contributed by atoms with Crippen LogP contribution in [0.15, 0.2) is 42.5 Å². The van der Waals surface area contributed by atoms with Crippen LogP contribution in [0.25, 0.3) is 0 Å². The molecule has 0 bridgehead atoms. The Hall–Kier alpha value is -1.63. The average molecular weight is 473 g/mol. The van der Waals surface area contributed by atoms with Crippen LogP contribution in [0.1, 0.15) is 61.3 Å². The summed E-state index contributed by atoms with van der Waals surface area (Å²) in [5.74, 6) is 0.921. The van der Waals surface area contributed by atoms with Crippen molar-refractivity contribution in [1.29, 1.82) is 0 Å². The van der Waals surface area contributed by atoms with Gasteiger partial charge >= 0.3 is 0 Å². The van der Waals surface area contributed by atoms with Crippen molar-refractivity contribution in [3.05, 3.63) is 64.2 Å². The molecule has 5 rings (SSSR count). The number of aliphatic hydroxyl groups is 2. The van der Waals surface area contributed by atoms with Gasteiger partial charge in [-0.25, -0.2) is 0 Å². The van der Waals surface area contributed by atoms with Gasteiger partial charge in [-0.2, -0.15) is 0 Å². The van der Waals surface area contributed by atoms with Gasteiger partial charge in [-0.1, -0.05) is 35.9 Å². The zero-order chi connectivity index (χ0) is 22.8. The Bertz CT molecular complexity index is 932. The summed E-state index contributed by atoms with van der Waals surface area (Å²) in [6, 6.07) is 14.2. The summed E-state index contributed by atoms with van der Waals surface area (Å²) in [6.45, 7) is 1.69. The fraction of sp³-hybridized carbons (Fsp3) is 0.556. The summed E-state index contributed by atoms with van der Waals surface area (Å²) < 4.78 is 17.7. The summed E-state index contributed by atoms with van der Waals surface area (Å²) in [5, 5.41) is 20.3. The topological polar surface area (TPSA) is 68.2 Å². The van der Waals surface area contributed by atoms with Crippen LogP contribution in [0, 0.1) is 5.41 Å². The highest BCUT2D eigenvalue weighted by atomic mass is 35.5. The van der Waals surface area contributed by atoms with Gasteiger partial charge in [0.15, 0.2) is 0 Å². The molecule has 2 aromatic carbocycles. The lowest BCUT2D eigenvalue weighted by Gasteiger charge is -2.49. The summed E-state index contributed by atoms with van der Waals surface area (Å²) in [5.41, 5.74) is 3.62. The van der Waals surface area contributed by atoms with E-state index < -0.39 is 6.10 Å². The summed E-state index contributed by atoms with van der Waals surface area (Å²) in [6.07, 6.45) is 5.58. The molecule has 5 nitrogen and oxygen atoms in total. The van der Waals surface area contributed by atoms with Crippen molar-refractivity contribution in [2.45, 2.75) is 69.4 Å². The van der Waals surface area contributed by atoms with E-state index in [1.807, 2.05) is 12.1 Å². The number of hydrogen-bond donors (Lipinski definition) is 2. The lowest BCUT2D eigenvalue weighted by atomic mass is 9.62. The standard InChI is InChI=1S/C27H33ClO5/c28-25-6-3-19(26-14-21(30)13-23(17-29)33-26)12-20(25)11-18-1-4-22(5-2-18)32-24-15-27(16-24)7-9-31-10-8-27/h1-6,12,21,23-24,26,29-30H,7-11,13-17H2/t21-,23-,26-/m0/s1. The fourth-order valence-electron chi connectivity index (χ4n) is 5.55. The molecule has 0 aromatic heterocycles. The van der Waals surface area contributed by atoms with Gasteiger partial charge in [-0.05, 0) is 72.4 Å². The highest BCUT2D eigenvalue weighted by Gasteiger charge is 2.46. The van der Waals surface area contributed by atoms with Crippen LogP contribution in [-0.4, -0.2) is 48.3 Å². The van der Waals surface area contributed by atoms with Gasteiger partial charge in [-0.3, -0.25) is 0 Å². The van der Waals surface area contributed by atoms with Gasteiger partial charge in [-0.15, -0.1) is 0 Å². The molecule has 3 atom stereocenters. The molecule has 0 amide bonds. The van der Waals surface area contributed by atoms with E-state index in [0.29, 0.717) is 35.8 Å². The lowest BCUT2D eigenvalue weighted by molar-refractivity contribution is -0.113. The van der Waals surface area contributed by atoms with Crippen LogP contribution < -0.4 is 4.74 Å². The normalized spacial score (nSPS) is 27.3. The predicted molar refractivity (Wildman–Crippen MR) is 127 cm³/mol. The molecule has 2 aromatic rings. The first-order valence-corrected chi connectivity index (χ1v) is 12.5. The van der Waals surface area contributed by atoms with Crippen LogP contribution in [0.5, 0.6) is 5.75 Å². The van der Waals surface area contributed by atoms with Crippen molar-refractivity contribution in [1.82, 2.24) is 0 Å². The van der Waals surface area contributed by atoms with Gasteiger partial charge in [0, 0.05) is 31.1 Å². The molecular formula is C27H33ClO5. The second-order valence-electron chi connectivity index (χ2n) is 9.99. The number of ether oxygens (including phenoxy) is 3. The number of benzene rings is 2. The molecule has 33 heavy (non-hydrogen) atoms. The zero-order valence-electron chi connectivity index (χ0n) is 18.9. The van der Waals surface area contributed by atoms with E-state index in [4.69, 9.17) is 25.8 Å². The molecule has 2 saturated heterocycles. The maximum atomic E-state index is 10.1. The monoisotopic (exact) mass is 472 g/mol. The number of aliphatic hydroxyl groups excluding tert-OH is 2. The largest absolute Gasteiger partial charge is 0.490 e. The average Bonchev–Trinajstić information content (AvgIpc) is 2.81. The molecule has 2 aliphatic heterocycles. The van der Waals surface area contributed by atoms with E-state index in [1.54, 1.807) is 0 Å². The van der Waals surface area contributed by atoms with Gasteiger partial charge in [0.25, 0.3) is 0 Å². The third-order valence-corrected chi connectivity index (χ3v) is 7.89. The quantitative estimate of drug-likeness (QED) is 0.629. The highest BCUT2D eigenvalue weighted by molar-refractivity contribution is 6.31.